The summed E-state index contributed by atoms with van der Waals surface area (Å²) in [5, 5.41) is 14.3. The molecular weight excluding hydrogens is 436 g/mol. The monoisotopic (exact) mass is 460 g/mol. The second kappa shape index (κ2) is 9.97. The normalized spacial score (nSPS) is 19.3. The van der Waals surface area contributed by atoms with Crippen LogP contribution in [0.25, 0.3) is 0 Å². The lowest BCUT2D eigenvalue weighted by Gasteiger charge is -2.42. The van der Waals surface area contributed by atoms with Gasteiger partial charge in [-0.2, -0.15) is 0 Å². The number of fused-ring (bicyclic) bond motifs is 1. The van der Waals surface area contributed by atoms with Crippen molar-refractivity contribution in [3.63, 3.8) is 0 Å². The lowest BCUT2D eigenvalue weighted by Crippen LogP contribution is -2.64. The third-order valence-electron chi connectivity index (χ3n) is 5.27. The molecule has 0 radical (unpaired) electrons. The topological polar surface area (TPSA) is 182 Å². The number of nitrogen functional groups attached to an aromatic ring is 1. The fourth-order valence-electron chi connectivity index (χ4n) is 3.64. The Morgan fingerprint density at radius 1 is 1.18 bits per heavy atom. The average molecular weight is 460 g/mol. The number of aldehydes is 1. The van der Waals surface area contributed by atoms with Crippen LogP contribution < -0.4 is 16.5 Å². The summed E-state index contributed by atoms with van der Waals surface area (Å²) in [6.07, 6.45) is 0.174. The van der Waals surface area contributed by atoms with Crippen LogP contribution in [0.1, 0.15) is 36.0 Å². The number of aliphatic carboxylic acids is 1. The third kappa shape index (κ3) is 5.37. The van der Waals surface area contributed by atoms with E-state index in [2.05, 4.69) is 10.7 Å². The van der Waals surface area contributed by atoms with Gasteiger partial charge < -0.3 is 21.0 Å². The zero-order valence-electron chi connectivity index (χ0n) is 17.6. The molecule has 0 aliphatic carbocycles. The smallest absolute Gasteiger partial charge is 0.358 e. The number of amides is 5. The minimum atomic E-state index is -1.29. The average Bonchev–Trinajstić information content (AvgIpc) is 2.90. The summed E-state index contributed by atoms with van der Waals surface area (Å²) in [6.45, 7) is 0.0794. The van der Waals surface area contributed by atoms with E-state index in [0.29, 0.717) is 18.4 Å². The van der Waals surface area contributed by atoms with E-state index in [1.54, 1.807) is 0 Å². The van der Waals surface area contributed by atoms with Crippen LogP contribution in [0.4, 0.5) is 10.5 Å². The quantitative estimate of drug-likeness (QED) is 0.298. The first-order valence-electron chi connectivity index (χ1n) is 10.3. The molecule has 2 heterocycles. The maximum Gasteiger partial charge on any atom is 0.358 e. The first-order chi connectivity index (χ1) is 15.7. The number of anilines is 1. The van der Waals surface area contributed by atoms with Crippen molar-refractivity contribution < 1.29 is 33.9 Å². The van der Waals surface area contributed by atoms with Crippen molar-refractivity contribution in [3.8, 4) is 0 Å². The van der Waals surface area contributed by atoms with Crippen LogP contribution in [-0.2, 0) is 19.2 Å². The van der Waals surface area contributed by atoms with Gasteiger partial charge in [-0.05, 0) is 37.1 Å². The predicted octanol–water partition coefficient (Wildman–Crippen LogP) is -0.894. The summed E-state index contributed by atoms with van der Waals surface area (Å²) < 4.78 is 0. The van der Waals surface area contributed by atoms with E-state index in [9.17, 15) is 28.8 Å². The van der Waals surface area contributed by atoms with Crippen LogP contribution in [0, 0.1) is 0 Å². The van der Waals surface area contributed by atoms with Gasteiger partial charge in [-0.15, -0.1) is 0 Å². The SMILES string of the molecule is Nc1ccc(C(=O)NN2CCC(=O)N3CCCC(C(=O)NC(C=O)CC(=O)O)N3C2=O)cc1. The number of carboxylic acids is 1. The van der Waals surface area contributed by atoms with Crippen molar-refractivity contribution in [2.75, 3.05) is 18.8 Å². The molecule has 0 spiro atoms. The standard InChI is InChI=1S/C20H24N6O7/c21-13-5-3-12(4-6-13)18(31)23-24-9-7-16(28)25-8-1-2-15(26(25)20(24)33)19(32)22-14(11-27)10-17(29)30/h3-6,11,14-15H,1-2,7-10,21H2,(H,22,32)(H,23,31)(H,29,30). The zero-order valence-corrected chi connectivity index (χ0v) is 17.6. The summed E-state index contributed by atoms with van der Waals surface area (Å²) in [7, 11) is 0. The molecule has 2 atom stereocenters. The highest BCUT2D eigenvalue weighted by atomic mass is 16.4. The van der Waals surface area contributed by atoms with E-state index in [1.165, 1.54) is 24.3 Å². The zero-order chi connectivity index (χ0) is 24.1. The van der Waals surface area contributed by atoms with Gasteiger partial charge >= 0.3 is 12.0 Å². The third-order valence-corrected chi connectivity index (χ3v) is 5.27. The molecule has 1 aromatic rings. The van der Waals surface area contributed by atoms with Crippen LogP contribution in [-0.4, -0.2) is 81.3 Å². The van der Waals surface area contributed by atoms with Crippen molar-refractivity contribution in [2.45, 2.75) is 37.8 Å². The van der Waals surface area contributed by atoms with Crippen molar-refractivity contribution in [3.05, 3.63) is 29.8 Å². The Morgan fingerprint density at radius 3 is 2.52 bits per heavy atom. The number of hydrogen-bond acceptors (Lipinski definition) is 7. The van der Waals surface area contributed by atoms with Gasteiger partial charge in [-0.3, -0.25) is 24.6 Å². The number of rotatable bonds is 7. The van der Waals surface area contributed by atoms with Gasteiger partial charge in [0.1, 0.15) is 12.3 Å². The molecule has 1 aromatic carbocycles. The van der Waals surface area contributed by atoms with Gasteiger partial charge in [-0.25, -0.2) is 19.8 Å². The number of hydrazine groups is 2. The second-order valence-corrected chi connectivity index (χ2v) is 7.62. The number of carboxylic acid groups (broad SMARTS) is 1. The molecule has 13 nitrogen and oxygen atoms in total. The number of urea groups is 1. The van der Waals surface area contributed by atoms with Crippen LogP contribution in [0.3, 0.4) is 0 Å². The first kappa shape index (κ1) is 23.5. The number of carbonyl (C=O) groups excluding carboxylic acids is 5. The number of nitrogens with two attached hydrogens (primary N) is 1. The predicted molar refractivity (Wildman–Crippen MR) is 112 cm³/mol. The number of nitrogens with one attached hydrogen (secondary N) is 2. The van der Waals surface area contributed by atoms with E-state index < -0.39 is 48.2 Å². The van der Waals surface area contributed by atoms with Crippen molar-refractivity contribution in [1.82, 2.24) is 25.8 Å². The minimum Gasteiger partial charge on any atom is -0.481 e. The highest BCUT2D eigenvalue weighted by molar-refractivity contribution is 5.97. The molecular formula is C20H24N6O7. The van der Waals surface area contributed by atoms with Gasteiger partial charge in [0.25, 0.3) is 5.91 Å². The van der Waals surface area contributed by atoms with E-state index >= 15 is 0 Å². The molecule has 2 aliphatic rings. The maximum atomic E-state index is 13.3. The number of hydrogen-bond donors (Lipinski definition) is 4. The first-order valence-corrected chi connectivity index (χ1v) is 10.3. The molecule has 2 aliphatic heterocycles. The van der Waals surface area contributed by atoms with Crippen LogP contribution in [0.5, 0.6) is 0 Å². The van der Waals surface area contributed by atoms with Gasteiger partial charge in [0, 0.05) is 24.2 Å². The highest BCUT2D eigenvalue weighted by Gasteiger charge is 2.44. The molecule has 2 fully saturated rings. The molecule has 176 valence electrons. The van der Waals surface area contributed by atoms with Gasteiger partial charge in [-0.1, -0.05) is 0 Å². The lowest BCUT2D eigenvalue weighted by molar-refractivity contribution is -0.155. The Kier molecular flexibility index (Phi) is 7.10. The van der Waals surface area contributed by atoms with Crippen molar-refractivity contribution >= 4 is 41.7 Å². The van der Waals surface area contributed by atoms with Crippen molar-refractivity contribution in [1.29, 1.82) is 0 Å². The van der Waals surface area contributed by atoms with E-state index in [-0.39, 0.29) is 31.5 Å². The number of benzene rings is 1. The Morgan fingerprint density at radius 2 is 1.88 bits per heavy atom. The number of carbonyl (C=O) groups is 6. The van der Waals surface area contributed by atoms with Gasteiger partial charge in [0.05, 0.1) is 19.0 Å². The Labute approximate surface area is 188 Å². The lowest BCUT2D eigenvalue weighted by atomic mass is 10.1. The molecule has 0 saturated carbocycles. The molecule has 3 rings (SSSR count). The molecule has 13 heteroatoms. The Hall–Kier alpha value is -4.16. The van der Waals surface area contributed by atoms with E-state index in [4.69, 9.17) is 10.8 Å². The van der Waals surface area contributed by atoms with Crippen LogP contribution in [0.15, 0.2) is 24.3 Å². The highest BCUT2D eigenvalue weighted by Crippen LogP contribution is 2.24. The summed E-state index contributed by atoms with van der Waals surface area (Å²) in [5.41, 5.74) is 8.76. The fraction of sp³-hybridized carbons (Fsp3) is 0.400. The van der Waals surface area contributed by atoms with Crippen LogP contribution in [0.2, 0.25) is 0 Å². The molecule has 0 bridgehead atoms. The van der Waals surface area contributed by atoms with E-state index in [0.717, 1.165) is 15.0 Å². The van der Waals surface area contributed by atoms with Crippen LogP contribution >= 0.6 is 0 Å². The molecule has 2 unspecified atom stereocenters. The summed E-state index contributed by atoms with van der Waals surface area (Å²) in [4.78, 5) is 73.4. The van der Waals surface area contributed by atoms with Crippen molar-refractivity contribution in [2.24, 2.45) is 0 Å². The second-order valence-electron chi connectivity index (χ2n) is 7.62. The summed E-state index contributed by atoms with van der Waals surface area (Å²) in [5.74, 6) is -3.08. The Balaban J connectivity index is 1.80. The minimum absolute atomic E-state index is 0.0887. The molecule has 2 saturated heterocycles. The largest absolute Gasteiger partial charge is 0.481 e. The van der Waals surface area contributed by atoms with Gasteiger partial charge in [0.15, 0.2) is 0 Å². The summed E-state index contributed by atoms with van der Waals surface area (Å²) >= 11 is 0. The Bertz CT molecular complexity index is 966. The molecule has 5 amide bonds. The maximum absolute atomic E-state index is 13.3. The fourth-order valence-corrected chi connectivity index (χ4v) is 3.64. The molecule has 5 N–H and O–H groups in total. The van der Waals surface area contributed by atoms with Gasteiger partial charge in [0.2, 0.25) is 11.8 Å². The molecule has 0 aromatic heterocycles. The number of nitrogens with zero attached hydrogens (tertiary/aromatic N) is 3. The molecule has 33 heavy (non-hydrogen) atoms. The van der Waals surface area contributed by atoms with E-state index in [1.807, 2.05) is 0 Å². The summed E-state index contributed by atoms with van der Waals surface area (Å²) in [6, 6.07) is 2.74.